The van der Waals surface area contributed by atoms with E-state index in [1.165, 1.54) is 0 Å². The summed E-state index contributed by atoms with van der Waals surface area (Å²) in [4.78, 5) is 19.8. The van der Waals surface area contributed by atoms with Crippen LogP contribution in [0.1, 0.15) is 20.3 Å². The standard InChI is InChI=1S/C5H11NO2S.C5H10O2.H3N/c1-9-3-2-6-4-5(7)8;1-3-4(2)5(6)7;/h6H,2-4H2,1H3,(H,7,8);4H,3H2,1-2H3,(H,6,7);1H3. The summed E-state index contributed by atoms with van der Waals surface area (Å²) in [6.45, 7) is 4.40. The lowest BCUT2D eigenvalue weighted by Crippen LogP contribution is -2.24. The van der Waals surface area contributed by atoms with Gasteiger partial charge >= 0.3 is 11.9 Å². The Morgan fingerprint density at radius 1 is 1.35 bits per heavy atom. The van der Waals surface area contributed by atoms with Crippen LogP contribution < -0.4 is 11.5 Å². The first-order valence-electron chi connectivity index (χ1n) is 5.09. The Morgan fingerprint density at radius 2 is 1.88 bits per heavy atom. The van der Waals surface area contributed by atoms with Crippen molar-refractivity contribution in [3.63, 3.8) is 0 Å². The highest BCUT2D eigenvalue weighted by atomic mass is 32.2. The van der Waals surface area contributed by atoms with Gasteiger partial charge in [0.25, 0.3) is 0 Å². The molecule has 0 fully saturated rings. The number of carbonyl (C=O) groups is 2. The number of hydrogen-bond acceptors (Lipinski definition) is 5. The van der Waals surface area contributed by atoms with Gasteiger partial charge in [-0.15, -0.1) is 0 Å². The molecule has 0 rings (SSSR count). The Labute approximate surface area is 107 Å². The van der Waals surface area contributed by atoms with Gasteiger partial charge < -0.3 is 21.7 Å². The molecule has 0 bridgehead atoms. The molecule has 0 aliphatic carbocycles. The summed E-state index contributed by atoms with van der Waals surface area (Å²) < 4.78 is 0. The first kappa shape index (κ1) is 21.5. The SMILES string of the molecule is CCC(C)C(=O)O.CSCCNCC(=O)O.N. The molecule has 0 amide bonds. The molecule has 7 heteroatoms. The van der Waals surface area contributed by atoms with E-state index >= 15 is 0 Å². The van der Waals surface area contributed by atoms with Crippen molar-refractivity contribution in [2.24, 2.45) is 5.92 Å². The van der Waals surface area contributed by atoms with E-state index in [0.717, 1.165) is 18.7 Å². The number of carboxylic acids is 2. The third-order valence-electron chi connectivity index (χ3n) is 1.79. The molecule has 0 aliphatic rings. The minimum absolute atomic E-state index is 0. The molecule has 1 unspecified atom stereocenters. The molecule has 0 aromatic heterocycles. The number of carboxylic acid groups (broad SMARTS) is 2. The van der Waals surface area contributed by atoms with E-state index in [9.17, 15) is 9.59 Å². The van der Waals surface area contributed by atoms with Crippen molar-refractivity contribution in [2.75, 3.05) is 25.1 Å². The second-order valence-corrected chi connectivity index (χ2v) is 4.20. The molecule has 0 saturated carbocycles. The summed E-state index contributed by atoms with van der Waals surface area (Å²) in [5, 5.41) is 19.1. The van der Waals surface area contributed by atoms with Gasteiger partial charge in [0, 0.05) is 12.3 Å². The van der Waals surface area contributed by atoms with Crippen LogP contribution in [-0.4, -0.2) is 47.2 Å². The number of thioether (sulfide) groups is 1. The van der Waals surface area contributed by atoms with Gasteiger partial charge in [0.2, 0.25) is 0 Å². The maximum absolute atomic E-state index is 9.93. The molecule has 17 heavy (non-hydrogen) atoms. The average molecular weight is 268 g/mol. The van der Waals surface area contributed by atoms with Crippen LogP contribution in [0, 0.1) is 5.92 Å². The number of rotatable bonds is 7. The Balaban J connectivity index is -0.000000224. The van der Waals surface area contributed by atoms with E-state index in [0.29, 0.717) is 0 Å². The van der Waals surface area contributed by atoms with E-state index in [1.807, 2.05) is 13.2 Å². The summed E-state index contributed by atoms with van der Waals surface area (Å²) in [7, 11) is 0. The van der Waals surface area contributed by atoms with Crippen molar-refractivity contribution < 1.29 is 19.8 Å². The number of aliphatic carboxylic acids is 2. The molecule has 6 N–H and O–H groups in total. The second kappa shape index (κ2) is 15.2. The van der Waals surface area contributed by atoms with Gasteiger partial charge in [-0.25, -0.2) is 0 Å². The highest BCUT2D eigenvalue weighted by Crippen LogP contribution is 1.97. The summed E-state index contributed by atoms with van der Waals surface area (Å²) in [6.07, 6.45) is 2.71. The molecule has 0 aliphatic heterocycles. The average Bonchev–Trinajstić information content (AvgIpc) is 2.23. The maximum atomic E-state index is 9.93. The predicted octanol–water partition coefficient (Wildman–Crippen LogP) is 1.30. The minimum Gasteiger partial charge on any atom is -0.481 e. The molecule has 0 aromatic rings. The molecule has 0 aromatic carbocycles. The summed E-state index contributed by atoms with van der Waals surface area (Å²) >= 11 is 1.70. The maximum Gasteiger partial charge on any atom is 0.317 e. The van der Waals surface area contributed by atoms with E-state index in [4.69, 9.17) is 10.2 Å². The monoisotopic (exact) mass is 268 g/mol. The quantitative estimate of drug-likeness (QED) is 0.513. The highest BCUT2D eigenvalue weighted by molar-refractivity contribution is 7.98. The first-order chi connectivity index (χ1) is 7.45. The van der Waals surface area contributed by atoms with Crippen molar-refractivity contribution in [2.45, 2.75) is 20.3 Å². The smallest absolute Gasteiger partial charge is 0.317 e. The van der Waals surface area contributed by atoms with Crippen molar-refractivity contribution >= 4 is 23.7 Å². The minimum atomic E-state index is -0.795. The molecule has 6 nitrogen and oxygen atoms in total. The highest BCUT2D eigenvalue weighted by Gasteiger charge is 2.05. The van der Waals surface area contributed by atoms with Crippen molar-refractivity contribution in [1.29, 1.82) is 0 Å². The molecule has 0 saturated heterocycles. The van der Waals surface area contributed by atoms with E-state index in [-0.39, 0.29) is 18.6 Å². The van der Waals surface area contributed by atoms with Crippen LogP contribution in [0.25, 0.3) is 0 Å². The van der Waals surface area contributed by atoms with Crippen LogP contribution in [0.5, 0.6) is 0 Å². The van der Waals surface area contributed by atoms with Crippen LogP contribution in [-0.2, 0) is 9.59 Å². The van der Waals surface area contributed by atoms with Crippen LogP contribution >= 0.6 is 11.8 Å². The van der Waals surface area contributed by atoms with Crippen LogP contribution in [0.4, 0.5) is 0 Å². The van der Waals surface area contributed by atoms with E-state index in [2.05, 4.69) is 5.32 Å². The van der Waals surface area contributed by atoms with Gasteiger partial charge in [-0.05, 0) is 12.7 Å². The Morgan fingerprint density at radius 3 is 2.12 bits per heavy atom. The van der Waals surface area contributed by atoms with Gasteiger partial charge in [0.1, 0.15) is 0 Å². The van der Waals surface area contributed by atoms with E-state index < -0.39 is 11.9 Å². The Hall–Kier alpha value is -0.790. The van der Waals surface area contributed by atoms with Gasteiger partial charge in [-0.3, -0.25) is 9.59 Å². The third-order valence-corrected chi connectivity index (χ3v) is 2.41. The van der Waals surface area contributed by atoms with Crippen molar-refractivity contribution in [1.82, 2.24) is 11.5 Å². The zero-order valence-electron chi connectivity index (χ0n) is 10.7. The van der Waals surface area contributed by atoms with E-state index in [1.54, 1.807) is 18.7 Å². The third kappa shape index (κ3) is 21.1. The fourth-order valence-corrected chi connectivity index (χ4v) is 0.893. The molecule has 0 heterocycles. The van der Waals surface area contributed by atoms with Crippen LogP contribution in [0.15, 0.2) is 0 Å². The van der Waals surface area contributed by atoms with Crippen LogP contribution in [0.2, 0.25) is 0 Å². The Bertz CT molecular complexity index is 203. The molecule has 0 spiro atoms. The lowest BCUT2D eigenvalue weighted by Gasteiger charge is -1.96. The fraction of sp³-hybridized carbons (Fsp3) is 0.800. The zero-order chi connectivity index (χ0) is 13.0. The van der Waals surface area contributed by atoms with Gasteiger partial charge in [0.15, 0.2) is 0 Å². The molecule has 0 radical (unpaired) electrons. The summed E-state index contributed by atoms with van der Waals surface area (Å²) in [6, 6.07) is 0. The summed E-state index contributed by atoms with van der Waals surface area (Å²) in [5.74, 6) is -0.716. The molecule has 104 valence electrons. The zero-order valence-corrected chi connectivity index (χ0v) is 11.5. The first-order valence-corrected chi connectivity index (χ1v) is 6.49. The number of nitrogens with one attached hydrogen (secondary N) is 1. The molecular formula is C10H24N2O4S. The fourth-order valence-electron chi connectivity index (χ4n) is 0.544. The lowest BCUT2D eigenvalue weighted by atomic mass is 10.1. The normalized spacial score (nSPS) is 10.5. The van der Waals surface area contributed by atoms with Gasteiger partial charge in [-0.1, -0.05) is 13.8 Å². The molecule has 1 atom stereocenters. The van der Waals surface area contributed by atoms with Crippen LogP contribution in [0.3, 0.4) is 0 Å². The topological polar surface area (TPSA) is 122 Å². The van der Waals surface area contributed by atoms with Crippen molar-refractivity contribution in [3.8, 4) is 0 Å². The predicted molar refractivity (Wildman–Crippen MR) is 71.0 cm³/mol. The molecular weight excluding hydrogens is 244 g/mol. The van der Waals surface area contributed by atoms with Crippen molar-refractivity contribution in [3.05, 3.63) is 0 Å². The summed E-state index contributed by atoms with van der Waals surface area (Å²) in [5.41, 5.74) is 0. The largest absolute Gasteiger partial charge is 0.481 e. The van der Waals surface area contributed by atoms with Gasteiger partial charge in [-0.2, -0.15) is 11.8 Å². The number of hydrogen-bond donors (Lipinski definition) is 4. The second-order valence-electron chi connectivity index (χ2n) is 3.21. The Kier molecular flexibility index (Phi) is 19.2. The lowest BCUT2D eigenvalue weighted by molar-refractivity contribution is -0.141. The van der Waals surface area contributed by atoms with Gasteiger partial charge in [0.05, 0.1) is 12.5 Å².